The standard InChI is InChI=1S/C45H52F2N10O6S/c1-3-54(2)64(62,63)53-37-11-10-36(46)41(42(37)47)43(60)35-25-50-44-34(35)22-31(24-49-44)30-6-9-33(48-23-30)26-55-18-20-56(21-19-55)27-40(59)57-16-14-29(15-17-57)28-4-7-32(8-5-28)51-38-12-13-39(58)52-45(38)61/h4-11,22-25,29,38,45,51,53,61H,3,12-21,26-27H2,1-2H3,(H,49,50)(H,52,58). The van der Waals surface area contributed by atoms with Crippen LogP contribution >= 0.6 is 0 Å². The minimum absolute atomic E-state index is 0.0351. The van der Waals surface area contributed by atoms with E-state index in [2.05, 4.69) is 47.3 Å². The number of benzene rings is 2. The van der Waals surface area contributed by atoms with Gasteiger partial charge in [0.15, 0.2) is 5.82 Å². The van der Waals surface area contributed by atoms with E-state index in [0.717, 1.165) is 72.4 Å². The summed E-state index contributed by atoms with van der Waals surface area (Å²) in [5, 5.41) is 16.4. The van der Waals surface area contributed by atoms with Crippen LogP contribution in [0.15, 0.2) is 73.2 Å². The lowest BCUT2D eigenvalue weighted by Crippen LogP contribution is -2.51. The number of ketones is 1. The number of aliphatic hydroxyl groups is 1. The van der Waals surface area contributed by atoms with Crippen molar-refractivity contribution in [1.82, 2.24) is 39.3 Å². The summed E-state index contributed by atoms with van der Waals surface area (Å²) in [5.74, 6) is -3.06. The minimum Gasteiger partial charge on any atom is -0.378 e. The molecule has 5 N–H and O–H groups in total. The van der Waals surface area contributed by atoms with Gasteiger partial charge in [-0.1, -0.05) is 25.1 Å². The van der Waals surface area contributed by atoms with Gasteiger partial charge in [0.05, 0.1) is 29.5 Å². The molecule has 16 nitrogen and oxygen atoms in total. The van der Waals surface area contributed by atoms with Crippen molar-refractivity contribution in [2.75, 3.05) is 69.4 Å². The molecule has 0 saturated carbocycles. The van der Waals surface area contributed by atoms with Crippen molar-refractivity contribution in [3.05, 3.63) is 107 Å². The van der Waals surface area contributed by atoms with Crippen LogP contribution in [0, 0.1) is 11.6 Å². The van der Waals surface area contributed by atoms with E-state index in [9.17, 15) is 27.9 Å². The number of carbonyl (C=O) groups excluding carboxylic acids is 3. The van der Waals surface area contributed by atoms with Crippen molar-refractivity contribution >= 4 is 50.2 Å². The molecule has 3 fully saturated rings. The molecule has 0 bridgehead atoms. The number of anilines is 2. The number of fused-ring (bicyclic) bond motifs is 1. The van der Waals surface area contributed by atoms with Crippen LogP contribution in [0.2, 0.25) is 0 Å². The van der Waals surface area contributed by atoms with E-state index < -0.39 is 45.1 Å². The number of H-pyrrole nitrogens is 1. The van der Waals surface area contributed by atoms with Crippen LogP contribution in [-0.2, 0) is 26.3 Å². The number of hydrogen-bond donors (Lipinski definition) is 5. The van der Waals surface area contributed by atoms with Gasteiger partial charge in [-0.25, -0.2) is 13.8 Å². The lowest BCUT2D eigenvalue weighted by atomic mass is 9.89. The number of pyridine rings is 2. The Morgan fingerprint density at radius 2 is 1.64 bits per heavy atom. The summed E-state index contributed by atoms with van der Waals surface area (Å²) in [4.78, 5) is 57.0. The summed E-state index contributed by atoms with van der Waals surface area (Å²) in [7, 11) is -2.84. The summed E-state index contributed by atoms with van der Waals surface area (Å²) < 4.78 is 58.8. The highest BCUT2D eigenvalue weighted by atomic mass is 32.2. The van der Waals surface area contributed by atoms with Gasteiger partial charge < -0.3 is 25.6 Å². The molecule has 2 unspecified atom stereocenters. The van der Waals surface area contributed by atoms with E-state index in [1.54, 1.807) is 25.4 Å². The maximum Gasteiger partial charge on any atom is 0.301 e. The Kier molecular flexibility index (Phi) is 13.3. The summed E-state index contributed by atoms with van der Waals surface area (Å²) in [6.45, 7) is 7.25. The highest BCUT2D eigenvalue weighted by molar-refractivity contribution is 7.90. The fraction of sp³-hybridized carbons (Fsp3) is 0.400. The molecule has 2 atom stereocenters. The topological polar surface area (TPSA) is 196 Å². The maximum absolute atomic E-state index is 15.6. The minimum atomic E-state index is -4.14. The Hall–Kier alpha value is -5.86. The van der Waals surface area contributed by atoms with Crippen LogP contribution < -0.4 is 15.4 Å². The molecule has 0 radical (unpaired) electrons. The number of piperidine rings is 2. The average Bonchev–Trinajstić information content (AvgIpc) is 3.73. The first-order valence-corrected chi connectivity index (χ1v) is 23.0. The number of hydrogen-bond acceptors (Lipinski definition) is 11. The lowest BCUT2D eigenvalue weighted by molar-refractivity contribution is -0.134. The van der Waals surface area contributed by atoms with E-state index >= 15 is 8.78 Å². The molecule has 8 rings (SSSR count). The number of carbonyl (C=O) groups is 3. The van der Waals surface area contributed by atoms with Gasteiger partial charge in [0.1, 0.15) is 17.7 Å². The zero-order valence-corrected chi connectivity index (χ0v) is 36.5. The molecular formula is C45H52F2N10O6S. The first-order chi connectivity index (χ1) is 30.8. The Morgan fingerprint density at radius 3 is 2.33 bits per heavy atom. The second kappa shape index (κ2) is 19.1. The van der Waals surface area contributed by atoms with Crippen LogP contribution in [0.1, 0.15) is 65.7 Å². The fourth-order valence-electron chi connectivity index (χ4n) is 8.49. The number of likely N-dealkylation sites (tertiary alicyclic amines) is 1. The number of amides is 2. The molecule has 0 spiro atoms. The van der Waals surface area contributed by atoms with Crippen molar-refractivity contribution in [1.29, 1.82) is 0 Å². The third kappa shape index (κ3) is 9.93. The van der Waals surface area contributed by atoms with Gasteiger partial charge in [-0.2, -0.15) is 12.7 Å². The van der Waals surface area contributed by atoms with E-state index in [-0.39, 0.29) is 30.0 Å². The van der Waals surface area contributed by atoms with Crippen LogP contribution in [0.5, 0.6) is 0 Å². The number of aliphatic hydroxyl groups excluding tert-OH is 1. The number of aromatic nitrogens is 3. The highest BCUT2D eigenvalue weighted by Gasteiger charge is 2.30. The summed E-state index contributed by atoms with van der Waals surface area (Å²) >= 11 is 0. The van der Waals surface area contributed by atoms with Gasteiger partial charge in [0, 0.05) is 112 Å². The SMILES string of the molecule is CCN(C)S(=O)(=O)Nc1ccc(F)c(C(=O)c2c[nH]c3ncc(-c4ccc(CN5CCN(CC(=O)N6CCC(c7ccc(NC8CCC(=O)NC8O)cc7)CC6)CC5)nc4)cc23)c1F. The third-order valence-corrected chi connectivity index (χ3v) is 14.1. The second-order valence-electron chi connectivity index (χ2n) is 16.6. The maximum atomic E-state index is 15.6. The van der Waals surface area contributed by atoms with Crippen molar-refractivity contribution in [2.45, 2.75) is 57.3 Å². The molecule has 3 aliphatic rings. The Labute approximate surface area is 370 Å². The van der Waals surface area contributed by atoms with Gasteiger partial charge in [-0.05, 0) is 67.1 Å². The zero-order valence-electron chi connectivity index (χ0n) is 35.7. The number of rotatable bonds is 14. The number of halogens is 2. The van der Waals surface area contributed by atoms with Crippen molar-refractivity contribution in [3.63, 3.8) is 0 Å². The second-order valence-corrected chi connectivity index (χ2v) is 18.4. The number of nitrogens with one attached hydrogen (secondary N) is 4. The van der Waals surface area contributed by atoms with Crippen molar-refractivity contribution in [2.24, 2.45) is 0 Å². The predicted octanol–water partition coefficient (Wildman–Crippen LogP) is 4.28. The van der Waals surface area contributed by atoms with Crippen molar-refractivity contribution < 1.29 is 36.7 Å². The molecule has 2 aromatic carbocycles. The van der Waals surface area contributed by atoms with Crippen LogP contribution in [0.4, 0.5) is 20.2 Å². The Morgan fingerprint density at radius 1 is 0.922 bits per heavy atom. The smallest absolute Gasteiger partial charge is 0.301 e. The van der Waals surface area contributed by atoms with Gasteiger partial charge in [-0.15, -0.1) is 0 Å². The van der Waals surface area contributed by atoms with E-state index in [1.165, 1.54) is 18.8 Å². The summed E-state index contributed by atoms with van der Waals surface area (Å²) in [6.07, 6.45) is 6.49. The number of piperazine rings is 1. The first-order valence-electron chi connectivity index (χ1n) is 21.5. The first kappa shape index (κ1) is 44.7. The van der Waals surface area contributed by atoms with Crippen molar-refractivity contribution in [3.8, 4) is 11.1 Å². The molecule has 5 aromatic rings. The van der Waals surface area contributed by atoms with Crippen LogP contribution in [-0.4, -0.2) is 137 Å². The molecule has 0 aliphatic carbocycles. The fourth-order valence-corrected chi connectivity index (χ4v) is 9.42. The van der Waals surface area contributed by atoms with E-state index in [1.807, 2.05) is 29.2 Å². The molecule has 338 valence electrons. The molecule has 3 saturated heterocycles. The van der Waals surface area contributed by atoms with E-state index in [4.69, 9.17) is 4.98 Å². The lowest BCUT2D eigenvalue weighted by Gasteiger charge is -2.37. The summed E-state index contributed by atoms with van der Waals surface area (Å²) in [5.41, 5.74) is 3.18. The van der Waals surface area contributed by atoms with Crippen LogP contribution in [0.25, 0.3) is 22.2 Å². The number of nitrogens with zero attached hydrogens (tertiary/aromatic N) is 6. The summed E-state index contributed by atoms with van der Waals surface area (Å²) in [6, 6.07) is 15.3. The highest BCUT2D eigenvalue weighted by Crippen LogP contribution is 2.32. The zero-order chi connectivity index (χ0) is 45.1. The predicted molar refractivity (Wildman–Crippen MR) is 237 cm³/mol. The normalized spacial score (nSPS) is 19.2. The van der Waals surface area contributed by atoms with Gasteiger partial charge >= 0.3 is 10.2 Å². The monoisotopic (exact) mass is 898 g/mol. The molecule has 3 aromatic heterocycles. The van der Waals surface area contributed by atoms with Gasteiger partial charge in [-0.3, -0.25) is 33.9 Å². The Balaban J connectivity index is 0.810. The molecule has 19 heteroatoms. The molecule has 2 amide bonds. The Bertz CT molecular complexity index is 2610. The van der Waals surface area contributed by atoms with Gasteiger partial charge in [0.2, 0.25) is 17.6 Å². The van der Waals surface area contributed by atoms with E-state index in [0.29, 0.717) is 61.5 Å². The van der Waals surface area contributed by atoms with Gasteiger partial charge in [0.25, 0.3) is 0 Å². The number of aromatic amines is 1. The van der Waals surface area contributed by atoms with Crippen LogP contribution in [0.3, 0.4) is 0 Å². The molecule has 3 aliphatic heterocycles. The average molecular weight is 899 g/mol. The molecule has 6 heterocycles. The largest absolute Gasteiger partial charge is 0.378 e. The molecular weight excluding hydrogens is 847 g/mol. The molecule has 64 heavy (non-hydrogen) atoms. The quantitative estimate of drug-likeness (QED) is 0.0999. The third-order valence-electron chi connectivity index (χ3n) is 12.5.